The summed E-state index contributed by atoms with van der Waals surface area (Å²) in [7, 11) is -6.24. The SMILES string of the molecule is CNS(=O)(=O)CCNS(=O)(=O)c1ccc(C(=O)O)cc1Br. The van der Waals surface area contributed by atoms with Crippen LogP contribution in [0.3, 0.4) is 0 Å². The largest absolute Gasteiger partial charge is 0.478 e. The quantitative estimate of drug-likeness (QED) is 0.589. The highest BCUT2D eigenvalue weighted by Gasteiger charge is 2.19. The molecular weight excluding hydrogens is 388 g/mol. The average molecular weight is 401 g/mol. The standard InChI is InChI=1S/C10H13BrN2O6S2/c1-12-20(16,17)5-4-13-21(18,19)9-3-2-7(10(14)15)6-8(9)11/h2-3,6,12-13H,4-5H2,1H3,(H,14,15). The normalized spacial score (nSPS) is 12.3. The van der Waals surface area contributed by atoms with Crippen LogP contribution in [-0.2, 0) is 20.0 Å². The van der Waals surface area contributed by atoms with Crippen LogP contribution < -0.4 is 9.44 Å². The Morgan fingerprint density at radius 3 is 2.38 bits per heavy atom. The van der Waals surface area contributed by atoms with Gasteiger partial charge >= 0.3 is 5.97 Å². The maximum Gasteiger partial charge on any atom is 0.335 e. The zero-order valence-electron chi connectivity index (χ0n) is 10.8. The summed E-state index contributed by atoms with van der Waals surface area (Å²) < 4.78 is 50.7. The minimum Gasteiger partial charge on any atom is -0.478 e. The van der Waals surface area contributed by atoms with E-state index in [1.165, 1.54) is 7.05 Å². The minimum absolute atomic E-state index is 0.0708. The number of carboxylic acids is 1. The van der Waals surface area contributed by atoms with E-state index in [1.54, 1.807) is 0 Å². The van der Waals surface area contributed by atoms with Crippen molar-refractivity contribution in [3.63, 3.8) is 0 Å². The maximum atomic E-state index is 12.0. The second kappa shape index (κ2) is 6.83. The third-order valence-corrected chi connectivity index (χ3v) is 6.24. The van der Waals surface area contributed by atoms with Crippen LogP contribution in [0.5, 0.6) is 0 Å². The Kier molecular flexibility index (Phi) is 5.87. The Labute approximate surface area is 130 Å². The van der Waals surface area contributed by atoms with E-state index in [4.69, 9.17) is 5.11 Å². The molecule has 1 aromatic rings. The van der Waals surface area contributed by atoms with Gasteiger partial charge in [-0.05, 0) is 41.2 Å². The Balaban J connectivity index is 2.91. The molecule has 0 unspecified atom stereocenters. The number of benzene rings is 1. The van der Waals surface area contributed by atoms with Gasteiger partial charge in [-0.2, -0.15) is 0 Å². The predicted octanol–water partition coefficient (Wildman–Crippen LogP) is -0.0252. The average Bonchev–Trinajstić information content (AvgIpc) is 2.37. The maximum absolute atomic E-state index is 12.0. The van der Waals surface area contributed by atoms with Gasteiger partial charge < -0.3 is 5.11 Å². The predicted molar refractivity (Wildman–Crippen MR) is 79.1 cm³/mol. The van der Waals surface area contributed by atoms with Crippen LogP contribution in [0.25, 0.3) is 0 Å². The number of hydrogen-bond acceptors (Lipinski definition) is 5. The van der Waals surface area contributed by atoms with Crippen LogP contribution >= 0.6 is 15.9 Å². The van der Waals surface area contributed by atoms with Gasteiger partial charge in [0.1, 0.15) is 0 Å². The fourth-order valence-electron chi connectivity index (χ4n) is 1.34. The van der Waals surface area contributed by atoms with E-state index in [1.807, 2.05) is 0 Å². The molecule has 21 heavy (non-hydrogen) atoms. The molecule has 0 fully saturated rings. The molecule has 0 atom stereocenters. The van der Waals surface area contributed by atoms with Crippen molar-refractivity contribution in [2.24, 2.45) is 0 Å². The van der Waals surface area contributed by atoms with Crippen LogP contribution in [0.2, 0.25) is 0 Å². The lowest BCUT2D eigenvalue weighted by Gasteiger charge is -2.09. The van der Waals surface area contributed by atoms with E-state index < -0.39 is 31.8 Å². The van der Waals surface area contributed by atoms with Gasteiger partial charge in [0.2, 0.25) is 20.0 Å². The fourth-order valence-corrected chi connectivity index (χ4v) is 4.15. The summed E-state index contributed by atoms with van der Waals surface area (Å²) in [6.45, 7) is -0.307. The first-order valence-electron chi connectivity index (χ1n) is 5.53. The van der Waals surface area contributed by atoms with Gasteiger partial charge in [-0.15, -0.1) is 0 Å². The van der Waals surface area contributed by atoms with Crippen molar-refractivity contribution in [1.29, 1.82) is 0 Å². The van der Waals surface area contributed by atoms with Crippen LogP contribution in [0.4, 0.5) is 0 Å². The molecule has 0 heterocycles. The lowest BCUT2D eigenvalue weighted by Crippen LogP contribution is -2.33. The molecule has 0 aliphatic heterocycles. The molecule has 1 aromatic carbocycles. The third kappa shape index (κ3) is 5.04. The van der Waals surface area contributed by atoms with E-state index in [-0.39, 0.29) is 21.5 Å². The summed E-state index contributed by atoms with van der Waals surface area (Å²) in [5.41, 5.74) is -0.0708. The van der Waals surface area contributed by atoms with Crippen molar-refractivity contribution in [3.8, 4) is 0 Å². The van der Waals surface area contributed by atoms with E-state index in [0.29, 0.717) is 0 Å². The lowest BCUT2D eigenvalue weighted by molar-refractivity contribution is 0.0696. The zero-order valence-corrected chi connectivity index (χ0v) is 14.0. The molecule has 118 valence electrons. The van der Waals surface area contributed by atoms with Gasteiger partial charge in [0.05, 0.1) is 16.2 Å². The number of halogens is 1. The fraction of sp³-hybridized carbons (Fsp3) is 0.300. The highest BCUT2D eigenvalue weighted by Crippen LogP contribution is 2.23. The van der Waals surface area contributed by atoms with Crippen molar-refractivity contribution in [1.82, 2.24) is 9.44 Å². The Bertz CT molecular complexity index is 745. The number of aromatic carboxylic acids is 1. The van der Waals surface area contributed by atoms with Crippen LogP contribution in [-0.4, -0.2) is 47.3 Å². The van der Waals surface area contributed by atoms with Gasteiger partial charge in [-0.3, -0.25) is 0 Å². The Morgan fingerprint density at radius 2 is 1.90 bits per heavy atom. The van der Waals surface area contributed by atoms with E-state index in [2.05, 4.69) is 25.4 Å². The number of rotatable bonds is 7. The molecule has 0 aromatic heterocycles. The van der Waals surface area contributed by atoms with Crippen molar-refractivity contribution in [2.75, 3.05) is 19.3 Å². The van der Waals surface area contributed by atoms with Crippen LogP contribution in [0.15, 0.2) is 27.6 Å². The van der Waals surface area contributed by atoms with Gasteiger partial charge in [0.25, 0.3) is 0 Å². The van der Waals surface area contributed by atoms with Crippen molar-refractivity contribution < 1.29 is 26.7 Å². The first-order valence-corrected chi connectivity index (χ1v) is 9.45. The number of carboxylic acid groups (broad SMARTS) is 1. The number of sulfonamides is 2. The van der Waals surface area contributed by atoms with Crippen molar-refractivity contribution in [2.45, 2.75) is 4.90 Å². The summed E-state index contributed by atoms with van der Waals surface area (Å²) in [5, 5.41) is 8.80. The third-order valence-electron chi connectivity index (χ3n) is 2.44. The van der Waals surface area contributed by atoms with Gasteiger partial charge in [0, 0.05) is 11.0 Å². The summed E-state index contributed by atoms with van der Waals surface area (Å²) in [4.78, 5) is 10.6. The minimum atomic E-state index is -3.95. The van der Waals surface area contributed by atoms with Crippen molar-refractivity contribution in [3.05, 3.63) is 28.2 Å². The number of carbonyl (C=O) groups is 1. The molecule has 0 saturated carbocycles. The summed E-state index contributed by atoms with van der Waals surface area (Å²) >= 11 is 2.98. The molecule has 0 saturated heterocycles. The Morgan fingerprint density at radius 1 is 1.29 bits per heavy atom. The molecule has 0 amide bonds. The molecule has 0 spiro atoms. The molecule has 3 N–H and O–H groups in total. The first kappa shape index (κ1) is 18.0. The van der Waals surface area contributed by atoms with Gasteiger partial charge in [-0.1, -0.05) is 0 Å². The highest BCUT2D eigenvalue weighted by molar-refractivity contribution is 9.10. The second-order valence-electron chi connectivity index (χ2n) is 3.87. The molecule has 8 nitrogen and oxygen atoms in total. The Hall–Kier alpha value is -1.01. The van der Waals surface area contributed by atoms with E-state index >= 15 is 0 Å². The lowest BCUT2D eigenvalue weighted by atomic mass is 10.2. The van der Waals surface area contributed by atoms with Gasteiger partial charge in [0.15, 0.2) is 0 Å². The monoisotopic (exact) mass is 400 g/mol. The van der Waals surface area contributed by atoms with E-state index in [0.717, 1.165) is 18.2 Å². The molecule has 1 rings (SSSR count). The molecule has 0 aliphatic carbocycles. The second-order valence-corrected chi connectivity index (χ2v) is 8.51. The van der Waals surface area contributed by atoms with E-state index in [9.17, 15) is 21.6 Å². The van der Waals surface area contributed by atoms with Crippen molar-refractivity contribution >= 4 is 41.9 Å². The van der Waals surface area contributed by atoms with Crippen LogP contribution in [0, 0.1) is 0 Å². The summed E-state index contributed by atoms with van der Waals surface area (Å²) in [5.74, 6) is -1.60. The molecule has 0 aliphatic rings. The summed E-state index contributed by atoms with van der Waals surface area (Å²) in [6.07, 6.45) is 0. The highest BCUT2D eigenvalue weighted by atomic mass is 79.9. The number of nitrogens with one attached hydrogen (secondary N) is 2. The number of hydrogen-bond donors (Lipinski definition) is 3. The smallest absolute Gasteiger partial charge is 0.335 e. The summed E-state index contributed by atoms with van der Waals surface area (Å²) in [6, 6.07) is 3.43. The molecule has 0 radical (unpaired) electrons. The van der Waals surface area contributed by atoms with Gasteiger partial charge in [-0.25, -0.2) is 31.1 Å². The van der Waals surface area contributed by atoms with Crippen LogP contribution in [0.1, 0.15) is 10.4 Å². The molecular formula is C10H13BrN2O6S2. The topological polar surface area (TPSA) is 130 Å². The zero-order chi connectivity index (χ0) is 16.3. The molecule has 0 bridgehead atoms. The molecule has 11 heteroatoms. The first-order chi connectivity index (χ1) is 9.59.